The van der Waals surface area contributed by atoms with Crippen LogP contribution in [0.3, 0.4) is 0 Å². The Balaban J connectivity index is 2.46. The molecule has 12 heavy (non-hydrogen) atoms. The second kappa shape index (κ2) is 4.15. The molecule has 1 aliphatic rings. The van der Waals surface area contributed by atoms with Crippen molar-refractivity contribution >= 4 is 0 Å². The number of hydrogen-bond acceptors (Lipinski definition) is 5. The van der Waals surface area contributed by atoms with Crippen molar-refractivity contribution in [3.05, 3.63) is 0 Å². The molecule has 0 saturated carbocycles. The summed E-state index contributed by atoms with van der Waals surface area (Å²) in [4.78, 5) is 0. The van der Waals surface area contributed by atoms with E-state index in [1.165, 1.54) is 0 Å². The molecular weight excluding hydrogens is 164 g/mol. The van der Waals surface area contributed by atoms with Gasteiger partial charge in [-0.3, -0.25) is 0 Å². The summed E-state index contributed by atoms with van der Waals surface area (Å²) in [6, 6.07) is 0. The van der Waals surface area contributed by atoms with Crippen LogP contribution in [0.15, 0.2) is 0 Å². The maximum Gasteiger partial charge on any atom is 0.186 e. The third kappa shape index (κ3) is 1.94. The van der Waals surface area contributed by atoms with Crippen LogP contribution in [0.25, 0.3) is 0 Å². The molecule has 4 atom stereocenters. The Bertz CT molecular complexity index is 140. The summed E-state index contributed by atoms with van der Waals surface area (Å²) in [5.74, 6) is 0. The minimum atomic E-state index is -1.18. The fourth-order valence-electron chi connectivity index (χ4n) is 1.09. The zero-order valence-corrected chi connectivity index (χ0v) is 6.88. The second-order valence-electron chi connectivity index (χ2n) is 2.71. The van der Waals surface area contributed by atoms with Gasteiger partial charge in [0.25, 0.3) is 0 Å². The number of aliphatic hydroxyl groups excluding tert-OH is 3. The molecule has 5 nitrogen and oxygen atoms in total. The van der Waals surface area contributed by atoms with E-state index in [0.717, 1.165) is 0 Å². The highest BCUT2D eigenvalue weighted by molar-refractivity contribution is 4.82. The molecule has 0 bridgehead atoms. The number of aliphatic hydroxyl groups is 3. The minimum Gasteiger partial charge on any atom is -0.388 e. The van der Waals surface area contributed by atoms with Gasteiger partial charge in [-0.1, -0.05) is 0 Å². The Labute approximate surface area is 70.5 Å². The third-order valence-electron chi connectivity index (χ3n) is 1.79. The van der Waals surface area contributed by atoms with Crippen molar-refractivity contribution in [1.29, 1.82) is 0 Å². The zero-order valence-electron chi connectivity index (χ0n) is 6.88. The quantitative estimate of drug-likeness (QED) is 0.477. The Morgan fingerprint density at radius 1 is 1.33 bits per heavy atom. The molecule has 0 aliphatic carbocycles. The lowest BCUT2D eigenvalue weighted by atomic mass is 10.1. The molecule has 5 heteroatoms. The van der Waals surface area contributed by atoms with Crippen LogP contribution in [-0.4, -0.2) is 53.1 Å². The Hall–Kier alpha value is -0.200. The van der Waals surface area contributed by atoms with E-state index in [2.05, 4.69) is 0 Å². The SMILES string of the molecule is CCO[C@H]1OC[C@@H](O)C(O)[C@@H]1O. The fourth-order valence-corrected chi connectivity index (χ4v) is 1.09. The summed E-state index contributed by atoms with van der Waals surface area (Å²) < 4.78 is 9.90. The minimum absolute atomic E-state index is 0.0110. The molecule has 1 saturated heterocycles. The van der Waals surface area contributed by atoms with Crippen molar-refractivity contribution in [2.75, 3.05) is 13.2 Å². The Kier molecular flexibility index (Phi) is 3.42. The van der Waals surface area contributed by atoms with Crippen molar-refractivity contribution < 1.29 is 24.8 Å². The van der Waals surface area contributed by atoms with E-state index in [-0.39, 0.29) is 6.61 Å². The maximum absolute atomic E-state index is 9.28. The van der Waals surface area contributed by atoms with Crippen molar-refractivity contribution in [1.82, 2.24) is 0 Å². The van der Waals surface area contributed by atoms with E-state index >= 15 is 0 Å². The number of ether oxygens (including phenoxy) is 2. The topological polar surface area (TPSA) is 79.2 Å². The van der Waals surface area contributed by atoms with Gasteiger partial charge in [-0.05, 0) is 6.92 Å². The van der Waals surface area contributed by atoms with Gasteiger partial charge in [-0.15, -0.1) is 0 Å². The third-order valence-corrected chi connectivity index (χ3v) is 1.79. The summed E-state index contributed by atoms with van der Waals surface area (Å²) in [6.45, 7) is 2.14. The number of rotatable bonds is 2. The Morgan fingerprint density at radius 2 is 2.00 bits per heavy atom. The highest BCUT2D eigenvalue weighted by Gasteiger charge is 2.37. The first-order valence-corrected chi connectivity index (χ1v) is 3.94. The first-order valence-electron chi connectivity index (χ1n) is 3.94. The van der Waals surface area contributed by atoms with Gasteiger partial charge in [0.2, 0.25) is 0 Å². The molecule has 0 aromatic carbocycles. The first kappa shape index (κ1) is 9.88. The number of hydrogen-bond donors (Lipinski definition) is 3. The average molecular weight is 178 g/mol. The van der Waals surface area contributed by atoms with Gasteiger partial charge in [0.15, 0.2) is 6.29 Å². The molecule has 1 aliphatic heterocycles. The lowest BCUT2D eigenvalue weighted by molar-refractivity contribution is -0.268. The molecule has 0 spiro atoms. The molecule has 0 aromatic rings. The van der Waals surface area contributed by atoms with Gasteiger partial charge in [0.1, 0.15) is 18.3 Å². The standard InChI is InChI=1S/C7H14O5/c1-2-11-7-6(10)5(9)4(8)3-12-7/h4-10H,2-3H2,1H3/t4-,5?,6+,7+/m1/s1. The highest BCUT2D eigenvalue weighted by Crippen LogP contribution is 2.15. The van der Waals surface area contributed by atoms with Crippen LogP contribution in [0.2, 0.25) is 0 Å². The van der Waals surface area contributed by atoms with Crippen LogP contribution in [0.1, 0.15) is 6.92 Å². The van der Waals surface area contributed by atoms with Crippen LogP contribution < -0.4 is 0 Å². The van der Waals surface area contributed by atoms with Gasteiger partial charge >= 0.3 is 0 Å². The van der Waals surface area contributed by atoms with Crippen molar-refractivity contribution in [2.24, 2.45) is 0 Å². The van der Waals surface area contributed by atoms with E-state index in [4.69, 9.17) is 14.6 Å². The van der Waals surface area contributed by atoms with Crippen molar-refractivity contribution in [3.63, 3.8) is 0 Å². The first-order chi connectivity index (χ1) is 5.66. The largest absolute Gasteiger partial charge is 0.388 e. The van der Waals surface area contributed by atoms with Crippen LogP contribution in [0, 0.1) is 0 Å². The molecule has 0 amide bonds. The van der Waals surface area contributed by atoms with E-state index in [9.17, 15) is 10.2 Å². The van der Waals surface area contributed by atoms with Gasteiger partial charge in [0.05, 0.1) is 6.61 Å². The van der Waals surface area contributed by atoms with E-state index < -0.39 is 24.6 Å². The lowest BCUT2D eigenvalue weighted by Gasteiger charge is -2.34. The van der Waals surface area contributed by atoms with E-state index in [1.54, 1.807) is 6.92 Å². The van der Waals surface area contributed by atoms with Gasteiger partial charge in [-0.2, -0.15) is 0 Å². The predicted octanol–water partition coefficient (Wildman–Crippen LogP) is -1.54. The van der Waals surface area contributed by atoms with Crippen LogP contribution in [0.4, 0.5) is 0 Å². The second-order valence-corrected chi connectivity index (χ2v) is 2.71. The average Bonchev–Trinajstić information content (AvgIpc) is 2.07. The molecule has 1 rings (SSSR count). The molecular formula is C7H14O5. The van der Waals surface area contributed by atoms with Crippen LogP contribution in [-0.2, 0) is 9.47 Å². The van der Waals surface area contributed by atoms with Crippen molar-refractivity contribution in [2.45, 2.75) is 31.5 Å². The summed E-state index contributed by atoms with van der Waals surface area (Å²) >= 11 is 0. The molecule has 1 heterocycles. The van der Waals surface area contributed by atoms with Gasteiger partial charge < -0.3 is 24.8 Å². The maximum atomic E-state index is 9.28. The molecule has 72 valence electrons. The summed E-state index contributed by atoms with van der Waals surface area (Å²) in [7, 11) is 0. The molecule has 1 unspecified atom stereocenters. The predicted molar refractivity (Wildman–Crippen MR) is 39.4 cm³/mol. The van der Waals surface area contributed by atoms with Crippen LogP contribution >= 0.6 is 0 Å². The van der Waals surface area contributed by atoms with Gasteiger partial charge in [-0.25, -0.2) is 0 Å². The summed E-state index contributed by atoms with van der Waals surface area (Å²) in [5, 5.41) is 27.5. The molecule has 0 radical (unpaired) electrons. The molecule has 0 aromatic heterocycles. The fraction of sp³-hybridized carbons (Fsp3) is 1.00. The summed E-state index contributed by atoms with van der Waals surface area (Å²) in [6.07, 6.45) is -4.21. The van der Waals surface area contributed by atoms with E-state index in [0.29, 0.717) is 6.61 Å². The normalized spacial score (nSPS) is 43.0. The lowest BCUT2D eigenvalue weighted by Crippen LogP contribution is -2.53. The smallest absolute Gasteiger partial charge is 0.186 e. The molecule has 3 N–H and O–H groups in total. The Morgan fingerprint density at radius 3 is 2.58 bits per heavy atom. The highest BCUT2D eigenvalue weighted by atomic mass is 16.7. The molecule has 1 fully saturated rings. The zero-order chi connectivity index (χ0) is 9.14. The van der Waals surface area contributed by atoms with Crippen LogP contribution in [0.5, 0.6) is 0 Å². The van der Waals surface area contributed by atoms with Gasteiger partial charge in [0, 0.05) is 6.61 Å². The van der Waals surface area contributed by atoms with Crippen molar-refractivity contribution in [3.8, 4) is 0 Å². The monoisotopic (exact) mass is 178 g/mol. The summed E-state index contributed by atoms with van der Waals surface area (Å²) in [5.41, 5.74) is 0. The van der Waals surface area contributed by atoms with E-state index in [1.807, 2.05) is 0 Å².